The van der Waals surface area contributed by atoms with E-state index in [1.165, 1.54) is 19.3 Å². The molecule has 0 atom stereocenters. The van der Waals surface area contributed by atoms with Crippen molar-refractivity contribution in [2.75, 3.05) is 6.61 Å². The fraction of sp³-hybridized carbons (Fsp3) is 0.400. The maximum Gasteiger partial charge on any atom is 0.150 e. The Morgan fingerprint density at radius 1 is 1.22 bits per heavy atom. The van der Waals surface area contributed by atoms with Crippen LogP contribution in [0.1, 0.15) is 43.0 Å². The molecule has 0 saturated carbocycles. The molecule has 96 valence electrons. The van der Waals surface area contributed by atoms with E-state index in [1.807, 2.05) is 24.4 Å². The molecule has 0 radical (unpaired) electrons. The van der Waals surface area contributed by atoms with Crippen molar-refractivity contribution < 1.29 is 9.53 Å². The predicted octanol–water partition coefficient (Wildman–Crippen LogP) is 3.94. The van der Waals surface area contributed by atoms with E-state index in [4.69, 9.17) is 4.74 Å². The largest absolute Gasteiger partial charge is 0.491 e. The summed E-state index contributed by atoms with van der Waals surface area (Å²) < 4.78 is 5.78. The van der Waals surface area contributed by atoms with E-state index < -0.39 is 0 Å². The highest BCUT2D eigenvalue weighted by molar-refractivity contribution is 5.99. The summed E-state index contributed by atoms with van der Waals surface area (Å²) in [5.41, 5.74) is 1.61. The molecule has 3 heteroatoms. The number of aldehydes is 1. The smallest absolute Gasteiger partial charge is 0.150 e. The minimum atomic E-state index is 0.699. The number of hydrogen-bond acceptors (Lipinski definition) is 2. The average Bonchev–Trinajstić information content (AvgIpc) is 2.88. The number of carbonyl (C=O) groups excluding carboxylic acids is 1. The van der Waals surface area contributed by atoms with E-state index in [0.29, 0.717) is 5.56 Å². The Kier molecular flexibility index (Phi) is 4.40. The zero-order valence-corrected chi connectivity index (χ0v) is 10.7. The van der Waals surface area contributed by atoms with Crippen LogP contribution in [0.25, 0.3) is 10.9 Å². The molecule has 1 aromatic heterocycles. The lowest BCUT2D eigenvalue weighted by molar-refractivity contribution is 0.112. The lowest BCUT2D eigenvalue weighted by Crippen LogP contribution is -1.98. The first kappa shape index (κ1) is 12.7. The number of aromatic amines is 1. The van der Waals surface area contributed by atoms with Gasteiger partial charge in [0, 0.05) is 17.1 Å². The van der Waals surface area contributed by atoms with E-state index in [1.54, 1.807) is 0 Å². The monoisotopic (exact) mass is 245 g/mol. The number of nitrogens with one attached hydrogen (secondary N) is 1. The van der Waals surface area contributed by atoms with Gasteiger partial charge in [0.25, 0.3) is 0 Å². The third-order valence-electron chi connectivity index (χ3n) is 3.10. The molecule has 1 heterocycles. The van der Waals surface area contributed by atoms with Gasteiger partial charge < -0.3 is 9.72 Å². The zero-order chi connectivity index (χ0) is 12.8. The van der Waals surface area contributed by atoms with E-state index in [9.17, 15) is 4.79 Å². The van der Waals surface area contributed by atoms with Crippen LogP contribution in [0.15, 0.2) is 24.4 Å². The first-order valence-corrected chi connectivity index (χ1v) is 6.55. The van der Waals surface area contributed by atoms with Gasteiger partial charge >= 0.3 is 0 Å². The molecule has 0 aliphatic heterocycles. The molecular weight excluding hydrogens is 226 g/mol. The van der Waals surface area contributed by atoms with Gasteiger partial charge in [0.2, 0.25) is 0 Å². The number of fused-ring (bicyclic) bond motifs is 1. The number of hydrogen-bond donors (Lipinski definition) is 1. The third-order valence-corrected chi connectivity index (χ3v) is 3.10. The van der Waals surface area contributed by atoms with Crippen LogP contribution in [0.5, 0.6) is 5.75 Å². The molecule has 0 amide bonds. The van der Waals surface area contributed by atoms with Crippen LogP contribution in [-0.2, 0) is 0 Å². The van der Waals surface area contributed by atoms with Crippen molar-refractivity contribution >= 4 is 17.2 Å². The standard InChI is InChI=1S/C15H19NO2/c1-2-3-4-5-10-18-14-7-6-12(11-17)13-8-9-16-15(13)14/h6-9,11,16H,2-5,10H2,1H3. The second-order valence-electron chi connectivity index (χ2n) is 4.45. The zero-order valence-electron chi connectivity index (χ0n) is 10.7. The van der Waals surface area contributed by atoms with Crippen LogP contribution >= 0.6 is 0 Å². The maximum absolute atomic E-state index is 10.9. The van der Waals surface area contributed by atoms with Gasteiger partial charge in [0.05, 0.1) is 12.1 Å². The SMILES string of the molecule is CCCCCCOc1ccc(C=O)c2cc[nH]c12. The lowest BCUT2D eigenvalue weighted by Gasteiger charge is -2.08. The number of carbonyl (C=O) groups is 1. The van der Waals surface area contributed by atoms with Gasteiger partial charge in [-0.25, -0.2) is 0 Å². The van der Waals surface area contributed by atoms with Gasteiger partial charge in [0.1, 0.15) is 5.75 Å². The summed E-state index contributed by atoms with van der Waals surface area (Å²) in [4.78, 5) is 14.0. The summed E-state index contributed by atoms with van der Waals surface area (Å²) in [5.74, 6) is 0.831. The highest BCUT2D eigenvalue weighted by Crippen LogP contribution is 2.26. The second-order valence-corrected chi connectivity index (χ2v) is 4.45. The van der Waals surface area contributed by atoms with E-state index in [-0.39, 0.29) is 0 Å². The summed E-state index contributed by atoms with van der Waals surface area (Å²) in [6.07, 6.45) is 7.48. The summed E-state index contributed by atoms with van der Waals surface area (Å²) in [6, 6.07) is 5.58. The Labute approximate surface area is 107 Å². The molecule has 0 bridgehead atoms. The van der Waals surface area contributed by atoms with Crippen LogP contribution < -0.4 is 4.74 Å². The van der Waals surface area contributed by atoms with Crippen LogP contribution in [0.3, 0.4) is 0 Å². The quantitative estimate of drug-likeness (QED) is 0.593. The molecule has 0 aliphatic rings. The lowest BCUT2D eigenvalue weighted by atomic mass is 10.1. The van der Waals surface area contributed by atoms with Gasteiger partial charge in [-0.2, -0.15) is 0 Å². The van der Waals surface area contributed by atoms with Crippen molar-refractivity contribution in [3.05, 3.63) is 30.0 Å². The maximum atomic E-state index is 10.9. The van der Waals surface area contributed by atoms with E-state index in [0.717, 1.165) is 36.0 Å². The molecule has 0 saturated heterocycles. The molecular formula is C15H19NO2. The normalized spacial score (nSPS) is 10.7. The van der Waals surface area contributed by atoms with Crippen molar-refractivity contribution in [1.82, 2.24) is 4.98 Å². The minimum Gasteiger partial charge on any atom is -0.491 e. The number of ether oxygens (including phenoxy) is 1. The molecule has 1 N–H and O–H groups in total. The van der Waals surface area contributed by atoms with Crippen molar-refractivity contribution in [2.24, 2.45) is 0 Å². The first-order valence-electron chi connectivity index (χ1n) is 6.55. The molecule has 2 aromatic rings. The third kappa shape index (κ3) is 2.73. The van der Waals surface area contributed by atoms with Crippen molar-refractivity contribution in [2.45, 2.75) is 32.6 Å². The summed E-state index contributed by atoms with van der Waals surface area (Å²) in [6.45, 7) is 2.93. The number of unbranched alkanes of at least 4 members (excludes halogenated alkanes) is 3. The average molecular weight is 245 g/mol. The van der Waals surface area contributed by atoms with E-state index >= 15 is 0 Å². The predicted molar refractivity (Wildman–Crippen MR) is 73.3 cm³/mol. The summed E-state index contributed by atoms with van der Waals surface area (Å²) >= 11 is 0. The summed E-state index contributed by atoms with van der Waals surface area (Å²) in [7, 11) is 0. The molecule has 18 heavy (non-hydrogen) atoms. The molecule has 2 rings (SSSR count). The van der Waals surface area contributed by atoms with Gasteiger partial charge in [-0.15, -0.1) is 0 Å². The van der Waals surface area contributed by atoms with Crippen LogP contribution in [0.4, 0.5) is 0 Å². The highest BCUT2D eigenvalue weighted by atomic mass is 16.5. The molecule has 0 unspecified atom stereocenters. The Morgan fingerprint density at radius 2 is 2.11 bits per heavy atom. The summed E-state index contributed by atoms with van der Waals surface area (Å²) in [5, 5.41) is 0.927. The van der Waals surface area contributed by atoms with Gasteiger partial charge in [-0.05, 0) is 24.6 Å². The van der Waals surface area contributed by atoms with E-state index in [2.05, 4.69) is 11.9 Å². The number of benzene rings is 1. The van der Waals surface area contributed by atoms with Crippen molar-refractivity contribution in [3.63, 3.8) is 0 Å². The highest BCUT2D eigenvalue weighted by Gasteiger charge is 2.07. The minimum absolute atomic E-state index is 0.699. The first-order chi connectivity index (χ1) is 8.86. The van der Waals surface area contributed by atoms with Crippen molar-refractivity contribution in [3.8, 4) is 5.75 Å². The Bertz CT molecular complexity index is 516. The van der Waals surface area contributed by atoms with Crippen molar-refractivity contribution in [1.29, 1.82) is 0 Å². The topological polar surface area (TPSA) is 42.1 Å². The second kappa shape index (κ2) is 6.24. The van der Waals surface area contributed by atoms with Crippen LogP contribution in [0.2, 0.25) is 0 Å². The van der Waals surface area contributed by atoms with Crippen LogP contribution in [0, 0.1) is 0 Å². The molecule has 0 aliphatic carbocycles. The fourth-order valence-corrected chi connectivity index (χ4v) is 2.09. The van der Waals surface area contributed by atoms with Gasteiger partial charge in [0.15, 0.2) is 6.29 Å². The Balaban J connectivity index is 2.05. The van der Waals surface area contributed by atoms with Gasteiger partial charge in [-0.1, -0.05) is 26.2 Å². The molecule has 0 fully saturated rings. The number of rotatable bonds is 7. The Morgan fingerprint density at radius 3 is 2.89 bits per heavy atom. The molecule has 0 spiro atoms. The Hall–Kier alpha value is -1.77. The number of H-pyrrole nitrogens is 1. The van der Waals surface area contributed by atoms with Gasteiger partial charge in [-0.3, -0.25) is 4.79 Å². The number of aromatic nitrogens is 1. The fourth-order valence-electron chi connectivity index (χ4n) is 2.09. The van der Waals surface area contributed by atoms with Crippen LogP contribution in [-0.4, -0.2) is 17.9 Å². The molecule has 1 aromatic carbocycles. The molecule has 3 nitrogen and oxygen atoms in total.